The predicted molar refractivity (Wildman–Crippen MR) is 105 cm³/mol. The Morgan fingerprint density at radius 2 is 1.96 bits per heavy atom. The Labute approximate surface area is 162 Å². The van der Waals surface area contributed by atoms with Gasteiger partial charge in [0.15, 0.2) is 5.13 Å². The number of methoxy groups -OCH3 is 2. The minimum Gasteiger partial charge on any atom is -0.497 e. The summed E-state index contributed by atoms with van der Waals surface area (Å²) in [5.74, 6) is 1.10. The molecule has 1 fully saturated rings. The summed E-state index contributed by atoms with van der Waals surface area (Å²) in [6, 6.07) is 5.44. The summed E-state index contributed by atoms with van der Waals surface area (Å²) in [5.41, 5.74) is 1.77. The van der Waals surface area contributed by atoms with E-state index in [2.05, 4.69) is 15.2 Å². The first-order chi connectivity index (χ1) is 13.2. The second kappa shape index (κ2) is 9.50. The second-order valence-electron chi connectivity index (χ2n) is 6.00. The van der Waals surface area contributed by atoms with Crippen LogP contribution < -0.4 is 14.8 Å². The molecule has 1 amide bonds. The zero-order valence-corrected chi connectivity index (χ0v) is 16.3. The summed E-state index contributed by atoms with van der Waals surface area (Å²) in [7, 11) is 3.18. The van der Waals surface area contributed by atoms with Crippen molar-refractivity contribution in [1.29, 1.82) is 0 Å². The fourth-order valence-electron chi connectivity index (χ4n) is 2.67. The van der Waals surface area contributed by atoms with Crippen LogP contribution in [-0.4, -0.2) is 56.3 Å². The highest BCUT2D eigenvalue weighted by molar-refractivity contribution is 7.13. The summed E-state index contributed by atoms with van der Waals surface area (Å²) < 4.78 is 15.8. The van der Waals surface area contributed by atoms with E-state index < -0.39 is 0 Å². The van der Waals surface area contributed by atoms with Crippen molar-refractivity contribution >= 4 is 28.5 Å². The highest BCUT2D eigenvalue weighted by Crippen LogP contribution is 2.23. The van der Waals surface area contributed by atoms with Crippen molar-refractivity contribution in [2.24, 2.45) is 0 Å². The number of ether oxygens (including phenoxy) is 3. The van der Waals surface area contributed by atoms with Gasteiger partial charge in [0.1, 0.15) is 11.5 Å². The second-order valence-corrected chi connectivity index (χ2v) is 6.86. The smallest absolute Gasteiger partial charge is 0.250 e. The Balaban J connectivity index is 1.57. The van der Waals surface area contributed by atoms with E-state index in [9.17, 15) is 4.79 Å². The van der Waals surface area contributed by atoms with E-state index in [1.807, 2.05) is 17.5 Å². The van der Waals surface area contributed by atoms with E-state index in [4.69, 9.17) is 14.2 Å². The molecule has 1 saturated heterocycles. The number of amides is 1. The summed E-state index contributed by atoms with van der Waals surface area (Å²) in [6.45, 7) is 4.11. The molecule has 0 radical (unpaired) electrons. The molecule has 1 aliphatic heterocycles. The van der Waals surface area contributed by atoms with Gasteiger partial charge in [-0.05, 0) is 23.8 Å². The standard InChI is InChI=1S/C19H23N3O4S/c1-24-16-9-14(10-17(11-16)25-2)3-4-18(23)21-19-20-15(13-27-19)12-22-5-7-26-8-6-22/h3-4,9-11,13H,5-8,12H2,1-2H3,(H,20,21,23). The lowest BCUT2D eigenvalue weighted by Crippen LogP contribution is -2.35. The lowest BCUT2D eigenvalue weighted by atomic mass is 10.2. The number of anilines is 1. The molecule has 1 aliphatic rings. The Kier molecular flexibility index (Phi) is 6.80. The molecule has 0 aliphatic carbocycles. The average Bonchev–Trinajstić information content (AvgIpc) is 3.13. The van der Waals surface area contributed by atoms with Crippen LogP contribution in [-0.2, 0) is 16.1 Å². The Hall–Kier alpha value is -2.42. The van der Waals surface area contributed by atoms with Gasteiger partial charge < -0.3 is 14.2 Å². The van der Waals surface area contributed by atoms with Crippen LogP contribution >= 0.6 is 11.3 Å². The summed E-state index contributed by atoms with van der Waals surface area (Å²) in [6.07, 6.45) is 3.18. The van der Waals surface area contributed by atoms with Crippen LogP contribution in [0.5, 0.6) is 11.5 Å². The highest BCUT2D eigenvalue weighted by Gasteiger charge is 2.13. The summed E-state index contributed by atoms with van der Waals surface area (Å²) in [4.78, 5) is 18.9. The number of carbonyl (C=O) groups excluding carboxylic acids is 1. The van der Waals surface area contributed by atoms with Crippen LogP contribution in [0, 0.1) is 0 Å². The third kappa shape index (κ3) is 5.78. The Bertz CT molecular complexity index is 778. The molecule has 7 nitrogen and oxygen atoms in total. The van der Waals surface area contributed by atoms with Gasteiger partial charge in [0.05, 0.1) is 33.1 Å². The number of morpholine rings is 1. The van der Waals surface area contributed by atoms with Crippen molar-refractivity contribution in [3.05, 3.63) is 40.9 Å². The van der Waals surface area contributed by atoms with Crippen LogP contribution in [0.4, 0.5) is 5.13 Å². The average molecular weight is 389 g/mol. The lowest BCUT2D eigenvalue weighted by Gasteiger charge is -2.25. The van der Waals surface area contributed by atoms with Gasteiger partial charge in [-0.25, -0.2) is 4.98 Å². The molecule has 0 saturated carbocycles. The van der Waals surface area contributed by atoms with Crippen molar-refractivity contribution in [3.8, 4) is 11.5 Å². The molecular formula is C19H23N3O4S. The van der Waals surface area contributed by atoms with E-state index in [-0.39, 0.29) is 5.91 Å². The van der Waals surface area contributed by atoms with Gasteiger partial charge in [-0.1, -0.05) is 0 Å². The van der Waals surface area contributed by atoms with Gasteiger partial charge >= 0.3 is 0 Å². The fourth-order valence-corrected chi connectivity index (χ4v) is 3.37. The third-order valence-electron chi connectivity index (χ3n) is 4.07. The van der Waals surface area contributed by atoms with E-state index in [0.717, 1.165) is 44.1 Å². The van der Waals surface area contributed by atoms with Crippen LogP contribution in [0.2, 0.25) is 0 Å². The van der Waals surface area contributed by atoms with Gasteiger partial charge in [0.2, 0.25) is 5.91 Å². The van der Waals surface area contributed by atoms with Crippen molar-refractivity contribution in [1.82, 2.24) is 9.88 Å². The molecule has 1 aromatic carbocycles. The zero-order valence-electron chi connectivity index (χ0n) is 15.4. The first-order valence-electron chi connectivity index (χ1n) is 8.63. The number of benzene rings is 1. The quantitative estimate of drug-likeness (QED) is 0.734. The number of aromatic nitrogens is 1. The molecule has 0 bridgehead atoms. The number of hydrogen-bond donors (Lipinski definition) is 1. The van der Waals surface area contributed by atoms with Crippen LogP contribution in [0.1, 0.15) is 11.3 Å². The lowest BCUT2D eigenvalue weighted by molar-refractivity contribution is -0.111. The molecule has 2 heterocycles. The van der Waals surface area contributed by atoms with Crippen molar-refractivity contribution < 1.29 is 19.0 Å². The number of nitrogens with one attached hydrogen (secondary N) is 1. The Morgan fingerprint density at radius 3 is 2.63 bits per heavy atom. The summed E-state index contributed by atoms with van der Waals surface area (Å²) >= 11 is 1.43. The van der Waals surface area contributed by atoms with E-state index in [1.165, 1.54) is 17.4 Å². The van der Waals surface area contributed by atoms with Crippen molar-refractivity contribution in [3.63, 3.8) is 0 Å². The first-order valence-corrected chi connectivity index (χ1v) is 9.51. The van der Waals surface area contributed by atoms with E-state index >= 15 is 0 Å². The molecule has 3 rings (SSSR count). The Morgan fingerprint density at radius 1 is 1.26 bits per heavy atom. The predicted octanol–water partition coefficient (Wildman–Crippen LogP) is 2.64. The SMILES string of the molecule is COc1cc(C=CC(=O)Nc2nc(CN3CCOCC3)cs2)cc(OC)c1. The zero-order chi connectivity index (χ0) is 19.1. The molecule has 0 atom stereocenters. The topological polar surface area (TPSA) is 72.9 Å². The van der Waals surface area contributed by atoms with Gasteiger partial charge in [-0.3, -0.25) is 15.0 Å². The highest BCUT2D eigenvalue weighted by atomic mass is 32.1. The minimum atomic E-state index is -0.232. The normalized spacial score (nSPS) is 15.0. The maximum atomic E-state index is 12.2. The number of carbonyl (C=O) groups is 1. The number of thiazole rings is 1. The van der Waals surface area contributed by atoms with Gasteiger partial charge in [-0.2, -0.15) is 0 Å². The van der Waals surface area contributed by atoms with Gasteiger partial charge in [0, 0.05) is 37.2 Å². The van der Waals surface area contributed by atoms with Gasteiger partial charge in [0.25, 0.3) is 0 Å². The molecule has 1 aromatic heterocycles. The first kappa shape index (κ1) is 19.3. The number of hydrogen-bond acceptors (Lipinski definition) is 7. The number of nitrogens with zero attached hydrogens (tertiary/aromatic N) is 2. The monoisotopic (exact) mass is 389 g/mol. The molecule has 2 aromatic rings. The third-order valence-corrected chi connectivity index (χ3v) is 4.88. The van der Waals surface area contributed by atoms with E-state index in [1.54, 1.807) is 26.4 Å². The minimum absolute atomic E-state index is 0.232. The largest absolute Gasteiger partial charge is 0.497 e. The molecule has 144 valence electrons. The van der Waals surface area contributed by atoms with Gasteiger partial charge in [-0.15, -0.1) is 11.3 Å². The van der Waals surface area contributed by atoms with Crippen molar-refractivity contribution in [2.45, 2.75) is 6.54 Å². The van der Waals surface area contributed by atoms with Crippen molar-refractivity contribution in [2.75, 3.05) is 45.8 Å². The van der Waals surface area contributed by atoms with Crippen LogP contribution in [0.3, 0.4) is 0 Å². The molecule has 8 heteroatoms. The molecule has 0 unspecified atom stereocenters. The molecular weight excluding hydrogens is 366 g/mol. The molecule has 27 heavy (non-hydrogen) atoms. The molecule has 0 spiro atoms. The van der Waals surface area contributed by atoms with Crippen LogP contribution in [0.25, 0.3) is 6.08 Å². The van der Waals surface area contributed by atoms with E-state index in [0.29, 0.717) is 16.6 Å². The maximum absolute atomic E-state index is 12.2. The number of rotatable bonds is 7. The van der Waals surface area contributed by atoms with Crippen LogP contribution in [0.15, 0.2) is 29.7 Å². The maximum Gasteiger partial charge on any atom is 0.250 e. The summed E-state index contributed by atoms with van der Waals surface area (Å²) in [5, 5.41) is 5.37. The fraction of sp³-hybridized carbons (Fsp3) is 0.368. The molecule has 1 N–H and O–H groups in total.